The molecule has 3 heteroatoms. The van der Waals surface area contributed by atoms with Crippen molar-refractivity contribution in [3.63, 3.8) is 0 Å². The van der Waals surface area contributed by atoms with E-state index >= 15 is 0 Å². The molecule has 0 radical (unpaired) electrons. The summed E-state index contributed by atoms with van der Waals surface area (Å²) in [6.45, 7) is 0. The van der Waals surface area contributed by atoms with Crippen LogP contribution in [0.1, 0.15) is 18.4 Å². The molecule has 1 aliphatic rings. The smallest absolute Gasteiger partial charge is 0.115 e. The summed E-state index contributed by atoms with van der Waals surface area (Å²) in [6, 6.07) is 6.93. The number of aromatic hydroxyl groups is 1. The van der Waals surface area contributed by atoms with Crippen molar-refractivity contribution in [3.8, 4) is 5.75 Å². The number of benzene rings is 1. The van der Waals surface area contributed by atoms with E-state index in [9.17, 15) is 0 Å². The van der Waals surface area contributed by atoms with Gasteiger partial charge >= 0.3 is 0 Å². The Kier molecular flexibility index (Phi) is 3.19. The molecule has 0 saturated carbocycles. The molecule has 0 saturated heterocycles. The van der Waals surface area contributed by atoms with Crippen LogP contribution in [-0.2, 0) is 0 Å². The largest absolute Gasteiger partial charge is 0.508 e. The van der Waals surface area contributed by atoms with Crippen LogP contribution >= 0.6 is 0 Å². The molecule has 0 heterocycles. The van der Waals surface area contributed by atoms with Crippen LogP contribution in [0.25, 0.3) is 6.08 Å². The average molecular weight is 226 g/mol. The van der Waals surface area contributed by atoms with Crippen molar-refractivity contribution in [1.29, 1.82) is 10.8 Å². The minimum Gasteiger partial charge on any atom is -0.508 e. The van der Waals surface area contributed by atoms with Crippen molar-refractivity contribution in [2.24, 2.45) is 0 Å². The third kappa shape index (κ3) is 3.14. The lowest BCUT2D eigenvalue weighted by Gasteiger charge is -2.11. The van der Waals surface area contributed by atoms with E-state index in [0.717, 1.165) is 11.1 Å². The Morgan fingerprint density at radius 1 is 1.00 bits per heavy atom. The molecule has 3 nitrogen and oxygen atoms in total. The number of rotatable bonds is 2. The Balaban J connectivity index is 2.13. The van der Waals surface area contributed by atoms with Crippen LogP contribution in [0.5, 0.6) is 5.75 Å². The zero-order valence-electron chi connectivity index (χ0n) is 9.40. The summed E-state index contributed by atoms with van der Waals surface area (Å²) in [7, 11) is 0. The number of phenolic OH excluding ortho intramolecular Hbond substituents is 1. The normalized spacial score (nSPS) is 16.4. The number of allylic oxidation sites excluding steroid dienone is 3. The Morgan fingerprint density at radius 2 is 1.71 bits per heavy atom. The zero-order valence-corrected chi connectivity index (χ0v) is 9.40. The molecule has 0 bridgehead atoms. The lowest BCUT2D eigenvalue weighted by molar-refractivity contribution is 0.475. The minimum absolute atomic E-state index is 0.252. The molecule has 17 heavy (non-hydrogen) atoms. The molecule has 0 atom stereocenters. The quantitative estimate of drug-likeness (QED) is 0.712. The topological polar surface area (TPSA) is 67.9 Å². The number of hydrogen-bond donors (Lipinski definition) is 3. The summed E-state index contributed by atoms with van der Waals surface area (Å²) >= 11 is 0. The lowest BCUT2D eigenvalue weighted by Crippen LogP contribution is -2.10. The van der Waals surface area contributed by atoms with Crippen molar-refractivity contribution in [1.82, 2.24) is 0 Å². The van der Waals surface area contributed by atoms with Crippen LogP contribution in [0.2, 0.25) is 0 Å². The SMILES string of the molecule is N=C1C=C(C=Cc2ccc(O)cc2)CC(=N)C1. The summed E-state index contributed by atoms with van der Waals surface area (Å²) in [5.74, 6) is 0.252. The van der Waals surface area contributed by atoms with Crippen molar-refractivity contribution in [2.45, 2.75) is 12.8 Å². The second-order valence-corrected chi connectivity index (χ2v) is 4.13. The van der Waals surface area contributed by atoms with Gasteiger partial charge < -0.3 is 15.9 Å². The molecule has 3 N–H and O–H groups in total. The highest BCUT2D eigenvalue weighted by Crippen LogP contribution is 2.16. The Bertz CT molecular complexity index is 510. The van der Waals surface area contributed by atoms with Gasteiger partial charge in [0.05, 0.1) is 0 Å². The predicted octanol–water partition coefficient (Wildman–Crippen LogP) is 3.17. The highest BCUT2D eigenvalue weighted by Gasteiger charge is 2.09. The van der Waals surface area contributed by atoms with Crippen molar-refractivity contribution in [2.75, 3.05) is 0 Å². The fraction of sp³-hybridized carbons (Fsp3) is 0.143. The highest BCUT2D eigenvalue weighted by atomic mass is 16.3. The van der Waals surface area contributed by atoms with E-state index in [4.69, 9.17) is 15.9 Å². The lowest BCUT2D eigenvalue weighted by atomic mass is 9.95. The van der Waals surface area contributed by atoms with Crippen LogP contribution in [0, 0.1) is 10.8 Å². The molecule has 1 aromatic carbocycles. The third-order valence-corrected chi connectivity index (χ3v) is 2.56. The molecule has 0 fully saturated rings. The van der Waals surface area contributed by atoms with Crippen molar-refractivity contribution in [3.05, 3.63) is 47.6 Å². The Morgan fingerprint density at radius 3 is 2.35 bits per heavy atom. The first kappa shape index (κ1) is 11.3. The summed E-state index contributed by atoms with van der Waals surface area (Å²) < 4.78 is 0. The van der Waals surface area contributed by atoms with E-state index in [1.807, 2.05) is 30.4 Å². The van der Waals surface area contributed by atoms with Crippen LogP contribution in [-0.4, -0.2) is 16.5 Å². The maximum atomic E-state index is 9.15. The second-order valence-electron chi connectivity index (χ2n) is 4.13. The maximum Gasteiger partial charge on any atom is 0.115 e. The van der Waals surface area contributed by atoms with Gasteiger partial charge in [-0.3, -0.25) is 0 Å². The Hall–Kier alpha value is -2.16. The number of nitrogens with one attached hydrogen (secondary N) is 2. The molecular formula is C14H14N2O. The highest BCUT2D eigenvalue weighted by molar-refractivity contribution is 6.11. The van der Waals surface area contributed by atoms with Crippen LogP contribution < -0.4 is 0 Å². The first-order valence-electron chi connectivity index (χ1n) is 5.45. The van der Waals surface area contributed by atoms with E-state index in [1.165, 1.54) is 0 Å². The number of hydrogen-bond acceptors (Lipinski definition) is 3. The van der Waals surface area contributed by atoms with E-state index in [1.54, 1.807) is 12.1 Å². The molecule has 86 valence electrons. The average Bonchev–Trinajstić information content (AvgIpc) is 2.27. The van der Waals surface area contributed by atoms with E-state index in [-0.39, 0.29) is 5.75 Å². The fourth-order valence-corrected chi connectivity index (χ4v) is 1.76. The molecule has 1 aromatic rings. The van der Waals surface area contributed by atoms with Gasteiger partial charge in [0, 0.05) is 24.3 Å². The summed E-state index contributed by atoms with van der Waals surface area (Å²) in [5.41, 5.74) is 3.06. The molecule has 0 aliphatic heterocycles. The van der Waals surface area contributed by atoms with Crippen LogP contribution in [0.4, 0.5) is 0 Å². The maximum absolute atomic E-state index is 9.15. The van der Waals surface area contributed by atoms with Gasteiger partial charge in [-0.25, -0.2) is 0 Å². The third-order valence-electron chi connectivity index (χ3n) is 2.56. The van der Waals surface area contributed by atoms with E-state index in [0.29, 0.717) is 24.3 Å². The van der Waals surface area contributed by atoms with Crippen LogP contribution in [0.3, 0.4) is 0 Å². The molecule has 0 unspecified atom stereocenters. The van der Waals surface area contributed by atoms with Gasteiger partial charge in [-0.15, -0.1) is 0 Å². The monoisotopic (exact) mass is 226 g/mol. The van der Waals surface area contributed by atoms with Gasteiger partial charge in [-0.2, -0.15) is 0 Å². The summed E-state index contributed by atoms with van der Waals surface area (Å²) in [6.07, 6.45) is 6.76. The van der Waals surface area contributed by atoms with Gasteiger partial charge in [0.1, 0.15) is 5.75 Å². The van der Waals surface area contributed by atoms with Gasteiger partial charge in [0.25, 0.3) is 0 Å². The molecule has 0 amide bonds. The van der Waals surface area contributed by atoms with Gasteiger partial charge in [0.2, 0.25) is 0 Å². The van der Waals surface area contributed by atoms with E-state index < -0.39 is 0 Å². The standard InChI is InChI=1S/C14H14N2O/c15-12-7-11(8-13(16)9-12)2-1-10-3-5-14(17)6-4-10/h1-7,15-17H,8-9H2. The van der Waals surface area contributed by atoms with Crippen molar-refractivity contribution >= 4 is 17.5 Å². The summed E-state index contributed by atoms with van der Waals surface area (Å²) in [5, 5.41) is 24.3. The van der Waals surface area contributed by atoms with E-state index in [2.05, 4.69) is 0 Å². The Labute approximate surface area is 100 Å². The first-order valence-corrected chi connectivity index (χ1v) is 5.45. The molecule has 0 aromatic heterocycles. The van der Waals surface area contributed by atoms with Crippen molar-refractivity contribution < 1.29 is 5.11 Å². The second kappa shape index (κ2) is 4.78. The summed E-state index contributed by atoms with van der Waals surface area (Å²) in [4.78, 5) is 0. The van der Waals surface area contributed by atoms with Gasteiger partial charge in [0.15, 0.2) is 0 Å². The minimum atomic E-state index is 0.252. The number of phenols is 1. The molecule has 1 aliphatic carbocycles. The zero-order chi connectivity index (χ0) is 12.3. The fourth-order valence-electron chi connectivity index (χ4n) is 1.76. The molecular weight excluding hydrogens is 212 g/mol. The van der Waals surface area contributed by atoms with Crippen LogP contribution in [0.15, 0.2) is 42.0 Å². The molecule has 2 rings (SSSR count). The van der Waals surface area contributed by atoms with Gasteiger partial charge in [-0.05, 0) is 29.3 Å². The first-order chi connectivity index (χ1) is 8.13. The van der Waals surface area contributed by atoms with Gasteiger partial charge in [-0.1, -0.05) is 24.3 Å². The predicted molar refractivity (Wildman–Crippen MR) is 69.9 cm³/mol. The molecule has 0 spiro atoms.